The number of pyridine rings is 1. The molecule has 0 radical (unpaired) electrons. The maximum Gasteiger partial charge on any atom is 0.159 e. The molecule has 0 spiro atoms. The molecule has 66 valence electrons. The second-order valence-electron chi connectivity index (χ2n) is 2.67. The minimum absolute atomic E-state index is 0.214. The van der Waals surface area contributed by atoms with E-state index in [9.17, 15) is 4.79 Å². The third-order valence-corrected chi connectivity index (χ3v) is 2.12. The van der Waals surface area contributed by atoms with Gasteiger partial charge in [0.15, 0.2) is 11.9 Å². The van der Waals surface area contributed by atoms with Crippen LogP contribution in [-0.2, 0) is 7.05 Å². The predicted molar refractivity (Wildman–Crippen MR) is 48.9 cm³/mol. The lowest BCUT2D eigenvalue weighted by Crippen LogP contribution is -1.93. The average molecular weight is 196 g/mol. The summed E-state index contributed by atoms with van der Waals surface area (Å²) in [4.78, 5) is 14.6. The van der Waals surface area contributed by atoms with E-state index in [4.69, 9.17) is 11.6 Å². The van der Waals surface area contributed by atoms with Crippen molar-refractivity contribution in [3.05, 3.63) is 23.0 Å². The van der Waals surface area contributed by atoms with Gasteiger partial charge in [-0.25, -0.2) is 4.98 Å². The van der Waals surface area contributed by atoms with E-state index in [1.807, 2.05) is 0 Å². The quantitative estimate of drug-likeness (QED) is 0.511. The molecule has 0 atom stereocenters. The van der Waals surface area contributed by atoms with Crippen molar-refractivity contribution in [2.75, 3.05) is 0 Å². The number of rotatable bonds is 1. The summed E-state index contributed by atoms with van der Waals surface area (Å²) >= 11 is 5.75. The Hall–Kier alpha value is -1.42. The molecule has 2 aromatic heterocycles. The van der Waals surface area contributed by atoms with Crippen molar-refractivity contribution in [1.82, 2.24) is 14.8 Å². The molecule has 2 heterocycles. The molecule has 0 saturated heterocycles. The van der Waals surface area contributed by atoms with Gasteiger partial charge in [-0.3, -0.25) is 9.48 Å². The average Bonchev–Trinajstić information content (AvgIpc) is 2.47. The van der Waals surface area contributed by atoms with Crippen molar-refractivity contribution in [3.8, 4) is 0 Å². The molecule has 0 unspecified atom stereocenters. The van der Waals surface area contributed by atoms with Gasteiger partial charge >= 0.3 is 0 Å². The van der Waals surface area contributed by atoms with Crippen molar-refractivity contribution < 1.29 is 4.79 Å². The largest absolute Gasteiger partial charge is 0.298 e. The fraction of sp³-hybridized carbons (Fsp3) is 0.125. The summed E-state index contributed by atoms with van der Waals surface area (Å²) in [6.45, 7) is 0. The molecule has 5 heteroatoms. The molecule has 0 saturated carbocycles. The zero-order valence-corrected chi connectivity index (χ0v) is 7.62. The van der Waals surface area contributed by atoms with Crippen molar-refractivity contribution in [3.63, 3.8) is 0 Å². The van der Waals surface area contributed by atoms with Gasteiger partial charge in [0, 0.05) is 12.4 Å². The number of nitrogens with zero attached hydrogens (tertiary/aromatic N) is 3. The van der Waals surface area contributed by atoms with E-state index in [-0.39, 0.29) is 5.15 Å². The summed E-state index contributed by atoms with van der Waals surface area (Å²) in [5, 5.41) is 5.02. The highest BCUT2D eigenvalue weighted by Crippen LogP contribution is 2.17. The lowest BCUT2D eigenvalue weighted by atomic mass is 10.2. The van der Waals surface area contributed by atoms with Gasteiger partial charge in [-0.2, -0.15) is 5.10 Å². The fourth-order valence-electron chi connectivity index (χ4n) is 1.15. The number of aldehydes is 1. The van der Waals surface area contributed by atoms with E-state index < -0.39 is 0 Å². The highest BCUT2D eigenvalue weighted by molar-refractivity contribution is 6.32. The molecule has 0 fully saturated rings. The van der Waals surface area contributed by atoms with E-state index in [1.165, 1.54) is 0 Å². The molecule has 0 N–H and O–H groups in total. The van der Waals surface area contributed by atoms with Crippen LogP contribution in [0.2, 0.25) is 5.15 Å². The molecule has 0 aliphatic carbocycles. The molecule has 0 bridgehead atoms. The van der Waals surface area contributed by atoms with Gasteiger partial charge in [-0.1, -0.05) is 11.6 Å². The smallest absolute Gasteiger partial charge is 0.159 e. The Bertz CT molecular complexity index is 477. The Morgan fingerprint density at radius 1 is 1.62 bits per heavy atom. The van der Waals surface area contributed by atoms with Crippen LogP contribution in [0.3, 0.4) is 0 Å². The van der Waals surface area contributed by atoms with Crippen molar-refractivity contribution in [2.24, 2.45) is 7.05 Å². The Labute approximate surface area is 79.1 Å². The first-order valence-corrected chi connectivity index (χ1v) is 4.03. The summed E-state index contributed by atoms with van der Waals surface area (Å²) in [5.41, 5.74) is 1.07. The molecule has 0 aliphatic rings. The van der Waals surface area contributed by atoms with E-state index >= 15 is 0 Å². The van der Waals surface area contributed by atoms with Gasteiger partial charge in [0.25, 0.3) is 0 Å². The molecule has 0 aromatic carbocycles. The second-order valence-corrected chi connectivity index (χ2v) is 3.03. The maximum absolute atomic E-state index is 10.5. The number of fused-ring (bicyclic) bond motifs is 1. The van der Waals surface area contributed by atoms with Crippen molar-refractivity contribution in [1.29, 1.82) is 0 Å². The van der Waals surface area contributed by atoms with Crippen LogP contribution < -0.4 is 0 Å². The van der Waals surface area contributed by atoms with Crippen molar-refractivity contribution >= 4 is 28.9 Å². The Kier molecular flexibility index (Phi) is 1.77. The summed E-state index contributed by atoms with van der Waals surface area (Å²) in [6, 6.07) is 1.67. The standard InChI is InChI=1S/C8H6ClN3O/c1-12-8-5(3-10-12)2-6(4-13)7(9)11-8/h2-4H,1H3. The molecule has 13 heavy (non-hydrogen) atoms. The van der Waals surface area contributed by atoms with Crippen LogP contribution in [0.25, 0.3) is 11.0 Å². The first-order chi connectivity index (χ1) is 6.22. The highest BCUT2D eigenvalue weighted by Gasteiger charge is 2.06. The number of hydrogen-bond acceptors (Lipinski definition) is 3. The van der Waals surface area contributed by atoms with Crippen LogP contribution in [0.1, 0.15) is 10.4 Å². The second kappa shape index (κ2) is 2.81. The molecule has 2 aromatic rings. The highest BCUT2D eigenvalue weighted by atomic mass is 35.5. The summed E-state index contributed by atoms with van der Waals surface area (Å²) in [6.07, 6.45) is 2.33. The lowest BCUT2D eigenvalue weighted by Gasteiger charge is -1.96. The third-order valence-electron chi connectivity index (χ3n) is 1.81. The van der Waals surface area contributed by atoms with Gasteiger partial charge in [0.1, 0.15) is 5.15 Å². The van der Waals surface area contributed by atoms with E-state index in [2.05, 4.69) is 10.1 Å². The first-order valence-electron chi connectivity index (χ1n) is 3.66. The number of aromatic nitrogens is 3. The van der Waals surface area contributed by atoms with E-state index in [0.717, 1.165) is 5.39 Å². The van der Waals surface area contributed by atoms with Crippen LogP contribution in [0.15, 0.2) is 12.3 Å². The predicted octanol–water partition coefficient (Wildman–Crippen LogP) is 1.43. The van der Waals surface area contributed by atoms with E-state index in [1.54, 1.807) is 24.0 Å². The molecule has 4 nitrogen and oxygen atoms in total. The first kappa shape index (κ1) is 8.19. The summed E-state index contributed by atoms with van der Waals surface area (Å²) in [7, 11) is 1.77. The number of aryl methyl sites for hydroxylation is 1. The fourth-order valence-corrected chi connectivity index (χ4v) is 1.33. The lowest BCUT2D eigenvalue weighted by molar-refractivity contribution is 0.112. The van der Waals surface area contributed by atoms with Crippen molar-refractivity contribution in [2.45, 2.75) is 0 Å². The molecular formula is C8H6ClN3O. The van der Waals surface area contributed by atoms with Crippen LogP contribution >= 0.6 is 11.6 Å². The number of halogens is 1. The van der Waals surface area contributed by atoms with Gasteiger partial charge < -0.3 is 0 Å². The Morgan fingerprint density at radius 2 is 2.38 bits per heavy atom. The minimum atomic E-state index is 0.214. The normalized spacial score (nSPS) is 10.6. The number of carbonyl (C=O) groups is 1. The number of hydrogen-bond donors (Lipinski definition) is 0. The van der Waals surface area contributed by atoms with Gasteiger partial charge in [0.2, 0.25) is 0 Å². The maximum atomic E-state index is 10.5. The Balaban J connectivity index is 2.83. The zero-order valence-electron chi connectivity index (χ0n) is 6.86. The SMILES string of the molecule is Cn1ncc2cc(C=O)c(Cl)nc21. The molecule has 2 rings (SSSR count). The zero-order chi connectivity index (χ0) is 9.42. The summed E-state index contributed by atoms with van der Waals surface area (Å²) < 4.78 is 1.61. The third kappa shape index (κ3) is 1.19. The molecule has 0 amide bonds. The van der Waals surface area contributed by atoms with Crippen LogP contribution in [0.4, 0.5) is 0 Å². The van der Waals surface area contributed by atoms with Gasteiger partial charge in [-0.15, -0.1) is 0 Å². The molecule has 0 aliphatic heterocycles. The van der Waals surface area contributed by atoms with Crippen LogP contribution in [0.5, 0.6) is 0 Å². The molecular weight excluding hydrogens is 190 g/mol. The minimum Gasteiger partial charge on any atom is -0.298 e. The Morgan fingerprint density at radius 3 is 3.08 bits per heavy atom. The van der Waals surface area contributed by atoms with Gasteiger partial charge in [0.05, 0.1) is 11.8 Å². The van der Waals surface area contributed by atoms with Crippen LogP contribution in [0, 0.1) is 0 Å². The monoisotopic (exact) mass is 195 g/mol. The number of carbonyl (C=O) groups excluding carboxylic acids is 1. The van der Waals surface area contributed by atoms with Gasteiger partial charge in [-0.05, 0) is 6.07 Å². The van der Waals surface area contributed by atoms with Crippen LogP contribution in [-0.4, -0.2) is 21.1 Å². The topological polar surface area (TPSA) is 47.8 Å². The summed E-state index contributed by atoms with van der Waals surface area (Å²) in [5.74, 6) is 0. The van der Waals surface area contributed by atoms with E-state index in [0.29, 0.717) is 17.5 Å².